The zero-order valence-electron chi connectivity index (χ0n) is 13.4. The highest BCUT2D eigenvalue weighted by molar-refractivity contribution is 7.14. The number of rotatable bonds is 5. The van der Waals surface area contributed by atoms with E-state index in [0.717, 1.165) is 16.8 Å². The van der Waals surface area contributed by atoms with Gasteiger partial charge in [0.2, 0.25) is 0 Å². The Morgan fingerprint density at radius 1 is 0.920 bits per heavy atom. The van der Waals surface area contributed by atoms with Gasteiger partial charge >= 0.3 is 11.8 Å². The minimum absolute atomic E-state index is 0.405. The predicted molar refractivity (Wildman–Crippen MR) is 99.3 cm³/mol. The van der Waals surface area contributed by atoms with Crippen LogP contribution in [0.1, 0.15) is 5.56 Å². The summed E-state index contributed by atoms with van der Waals surface area (Å²) in [6.45, 7) is 0.406. The normalized spacial score (nSPS) is 10.2. The van der Waals surface area contributed by atoms with Gasteiger partial charge in [0.15, 0.2) is 5.13 Å². The van der Waals surface area contributed by atoms with Crippen LogP contribution in [0.15, 0.2) is 66.0 Å². The van der Waals surface area contributed by atoms with Gasteiger partial charge in [-0.1, -0.05) is 60.7 Å². The van der Waals surface area contributed by atoms with Gasteiger partial charge in [-0.05, 0) is 12.0 Å². The molecule has 0 aliphatic rings. The van der Waals surface area contributed by atoms with Gasteiger partial charge in [-0.25, -0.2) is 4.98 Å². The second-order valence-electron chi connectivity index (χ2n) is 5.35. The first-order chi connectivity index (χ1) is 12.2. The molecule has 0 saturated heterocycles. The molecule has 0 saturated carbocycles. The van der Waals surface area contributed by atoms with E-state index in [2.05, 4.69) is 15.6 Å². The Balaban J connectivity index is 1.50. The molecule has 25 heavy (non-hydrogen) atoms. The molecule has 1 aromatic heterocycles. The zero-order valence-corrected chi connectivity index (χ0v) is 14.3. The summed E-state index contributed by atoms with van der Waals surface area (Å²) in [6, 6.07) is 19.4. The fourth-order valence-corrected chi connectivity index (χ4v) is 2.99. The lowest BCUT2D eigenvalue weighted by atomic mass is 10.1. The number of carbonyl (C=O) groups excluding carboxylic acids is 2. The minimum atomic E-state index is -0.706. The van der Waals surface area contributed by atoms with Gasteiger partial charge in [-0.2, -0.15) is 0 Å². The van der Waals surface area contributed by atoms with Crippen molar-refractivity contribution in [3.05, 3.63) is 71.6 Å². The largest absolute Gasteiger partial charge is 0.347 e. The Bertz CT molecular complexity index is 847. The highest BCUT2D eigenvalue weighted by Crippen LogP contribution is 2.24. The van der Waals surface area contributed by atoms with Crippen LogP contribution in [0.5, 0.6) is 0 Å². The fourth-order valence-electron chi connectivity index (χ4n) is 2.27. The molecule has 0 fully saturated rings. The average Bonchev–Trinajstić information content (AvgIpc) is 3.12. The summed E-state index contributed by atoms with van der Waals surface area (Å²) in [7, 11) is 0. The van der Waals surface area contributed by atoms with E-state index in [1.54, 1.807) is 0 Å². The van der Waals surface area contributed by atoms with Crippen molar-refractivity contribution >= 4 is 28.3 Å². The van der Waals surface area contributed by atoms with Crippen molar-refractivity contribution in [3.63, 3.8) is 0 Å². The van der Waals surface area contributed by atoms with E-state index in [1.807, 2.05) is 66.0 Å². The molecule has 6 heteroatoms. The maximum absolute atomic E-state index is 11.9. The van der Waals surface area contributed by atoms with E-state index in [9.17, 15) is 9.59 Å². The first-order valence-corrected chi connectivity index (χ1v) is 8.74. The molecule has 2 N–H and O–H groups in total. The summed E-state index contributed by atoms with van der Waals surface area (Å²) in [5, 5.41) is 7.40. The molecule has 2 amide bonds. The van der Waals surface area contributed by atoms with E-state index in [-0.39, 0.29) is 0 Å². The van der Waals surface area contributed by atoms with Crippen molar-refractivity contribution in [1.82, 2.24) is 10.3 Å². The van der Waals surface area contributed by atoms with Crippen molar-refractivity contribution in [1.29, 1.82) is 0 Å². The third-order valence-electron chi connectivity index (χ3n) is 3.54. The van der Waals surface area contributed by atoms with Crippen LogP contribution in [0.3, 0.4) is 0 Å². The molecule has 126 valence electrons. The molecular weight excluding hydrogens is 334 g/mol. The highest BCUT2D eigenvalue weighted by atomic mass is 32.1. The second-order valence-corrected chi connectivity index (χ2v) is 6.21. The Kier molecular flexibility index (Phi) is 5.53. The second kappa shape index (κ2) is 8.21. The van der Waals surface area contributed by atoms with Crippen LogP contribution in [0.25, 0.3) is 11.3 Å². The third kappa shape index (κ3) is 4.74. The number of hydrogen-bond acceptors (Lipinski definition) is 4. The summed E-state index contributed by atoms with van der Waals surface area (Å²) in [5.74, 6) is -1.37. The lowest BCUT2D eigenvalue weighted by Gasteiger charge is -2.05. The number of hydrogen-bond donors (Lipinski definition) is 2. The molecule has 3 rings (SSSR count). The molecule has 0 aliphatic heterocycles. The smallest absolute Gasteiger partial charge is 0.315 e. The van der Waals surface area contributed by atoms with Crippen molar-refractivity contribution in [3.8, 4) is 11.3 Å². The lowest BCUT2D eigenvalue weighted by Crippen LogP contribution is -2.36. The number of benzene rings is 2. The molecule has 0 unspecified atom stereocenters. The Hall–Kier alpha value is -2.99. The van der Waals surface area contributed by atoms with Crippen LogP contribution < -0.4 is 10.6 Å². The zero-order chi connectivity index (χ0) is 17.5. The summed E-state index contributed by atoms with van der Waals surface area (Å²) >= 11 is 1.29. The molecule has 0 bridgehead atoms. The summed E-state index contributed by atoms with van der Waals surface area (Å²) in [6.07, 6.45) is 0.676. The SMILES string of the molecule is O=C(NCCc1ccccc1)C(=O)Nc1nc(-c2ccccc2)cs1. The number of carbonyl (C=O) groups is 2. The van der Waals surface area contributed by atoms with Gasteiger partial charge in [0, 0.05) is 17.5 Å². The summed E-state index contributed by atoms with van der Waals surface area (Å²) < 4.78 is 0. The van der Waals surface area contributed by atoms with Crippen LogP contribution in [0.4, 0.5) is 5.13 Å². The van der Waals surface area contributed by atoms with E-state index in [1.165, 1.54) is 11.3 Å². The minimum Gasteiger partial charge on any atom is -0.347 e. The highest BCUT2D eigenvalue weighted by Gasteiger charge is 2.15. The molecule has 5 nitrogen and oxygen atoms in total. The van der Waals surface area contributed by atoms with Crippen molar-refractivity contribution < 1.29 is 9.59 Å². The van der Waals surface area contributed by atoms with Gasteiger partial charge in [0.25, 0.3) is 0 Å². The van der Waals surface area contributed by atoms with Gasteiger partial charge < -0.3 is 5.32 Å². The molecule has 0 atom stereocenters. The predicted octanol–water partition coefficient (Wildman–Crippen LogP) is 3.11. The topological polar surface area (TPSA) is 71.1 Å². The van der Waals surface area contributed by atoms with E-state index >= 15 is 0 Å². The molecule has 1 heterocycles. The molecular formula is C19H17N3O2S. The van der Waals surface area contributed by atoms with Crippen LogP contribution in [0.2, 0.25) is 0 Å². The van der Waals surface area contributed by atoms with Crippen molar-refractivity contribution in [2.45, 2.75) is 6.42 Å². The van der Waals surface area contributed by atoms with Crippen LogP contribution in [-0.2, 0) is 16.0 Å². The molecule has 0 radical (unpaired) electrons. The Labute approximate surface area is 149 Å². The van der Waals surface area contributed by atoms with Gasteiger partial charge in [-0.3, -0.25) is 14.9 Å². The van der Waals surface area contributed by atoms with E-state index in [4.69, 9.17) is 0 Å². The number of nitrogens with zero attached hydrogens (tertiary/aromatic N) is 1. The molecule has 2 aromatic carbocycles. The van der Waals surface area contributed by atoms with E-state index in [0.29, 0.717) is 18.1 Å². The lowest BCUT2D eigenvalue weighted by molar-refractivity contribution is -0.136. The van der Waals surface area contributed by atoms with Crippen molar-refractivity contribution in [2.75, 3.05) is 11.9 Å². The van der Waals surface area contributed by atoms with Gasteiger partial charge in [0.05, 0.1) is 5.69 Å². The van der Waals surface area contributed by atoms with Gasteiger partial charge in [-0.15, -0.1) is 11.3 Å². The van der Waals surface area contributed by atoms with Gasteiger partial charge in [0.1, 0.15) is 0 Å². The molecule has 0 spiro atoms. The summed E-state index contributed by atoms with van der Waals surface area (Å²) in [4.78, 5) is 28.1. The Morgan fingerprint density at radius 2 is 1.60 bits per heavy atom. The quantitative estimate of drug-likeness (QED) is 0.694. The number of nitrogens with one attached hydrogen (secondary N) is 2. The number of aromatic nitrogens is 1. The first-order valence-electron chi connectivity index (χ1n) is 7.86. The average molecular weight is 351 g/mol. The van der Waals surface area contributed by atoms with Crippen molar-refractivity contribution in [2.24, 2.45) is 0 Å². The summed E-state index contributed by atoms with van der Waals surface area (Å²) in [5.41, 5.74) is 2.84. The first kappa shape index (κ1) is 16.9. The third-order valence-corrected chi connectivity index (χ3v) is 4.30. The van der Waals surface area contributed by atoms with E-state index < -0.39 is 11.8 Å². The molecule has 3 aromatic rings. The van der Waals surface area contributed by atoms with Crippen LogP contribution in [-0.4, -0.2) is 23.3 Å². The van der Waals surface area contributed by atoms with Crippen LogP contribution in [0, 0.1) is 0 Å². The monoisotopic (exact) mass is 351 g/mol. The maximum Gasteiger partial charge on any atom is 0.315 e. The molecule has 0 aliphatic carbocycles. The number of thiazole rings is 1. The Morgan fingerprint density at radius 3 is 2.32 bits per heavy atom. The number of anilines is 1. The maximum atomic E-state index is 11.9. The fraction of sp³-hybridized carbons (Fsp3) is 0.105. The van der Waals surface area contributed by atoms with Crippen LogP contribution >= 0.6 is 11.3 Å². The number of amides is 2. The standard InChI is InChI=1S/C19H17N3O2S/c23-17(20-12-11-14-7-3-1-4-8-14)18(24)22-19-21-16(13-25-19)15-9-5-2-6-10-15/h1-10,13H,11-12H2,(H,20,23)(H,21,22,24).